The van der Waals surface area contributed by atoms with Gasteiger partial charge in [0.25, 0.3) is 10.0 Å². The number of thiophene rings is 1. The first-order valence-electron chi connectivity index (χ1n) is 7.45. The Hall–Kier alpha value is -1.91. The van der Waals surface area contributed by atoms with E-state index >= 15 is 0 Å². The highest BCUT2D eigenvalue weighted by molar-refractivity contribution is 7.93. The molecule has 0 saturated heterocycles. The SMILES string of the molecule is COC(=O)c1sccc1S(=O)(=O)Nc1cnn(CCC(C)(C)OC)c1. The molecular weight excluding hydrogens is 366 g/mol. The number of ether oxygens (including phenoxy) is 2. The van der Waals surface area contributed by atoms with E-state index in [4.69, 9.17) is 4.74 Å². The van der Waals surface area contributed by atoms with E-state index in [-0.39, 0.29) is 15.4 Å². The second-order valence-electron chi connectivity index (χ2n) is 5.92. The summed E-state index contributed by atoms with van der Waals surface area (Å²) in [6.45, 7) is 4.50. The standard InChI is InChI=1S/C15H21N3O5S2/c1-15(2,23-4)6-7-18-10-11(9-16-18)17-25(20,21)12-5-8-24-13(12)14(19)22-3/h5,8-10,17H,6-7H2,1-4H3. The molecular formula is C15H21N3O5S2. The van der Waals surface area contributed by atoms with Gasteiger partial charge in [-0.25, -0.2) is 13.2 Å². The minimum atomic E-state index is -3.91. The molecule has 1 N–H and O–H groups in total. The maximum absolute atomic E-state index is 12.5. The molecule has 0 amide bonds. The Morgan fingerprint density at radius 2 is 2.12 bits per heavy atom. The maximum atomic E-state index is 12.5. The summed E-state index contributed by atoms with van der Waals surface area (Å²) in [5.41, 5.74) is 0.0230. The predicted octanol–water partition coefficient (Wildman–Crippen LogP) is 2.35. The van der Waals surface area contributed by atoms with Crippen molar-refractivity contribution >= 4 is 33.0 Å². The molecule has 2 rings (SSSR count). The Morgan fingerprint density at radius 3 is 2.76 bits per heavy atom. The first-order chi connectivity index (χ1) is 11.7. The maximum Gasteiger partial charge on any atom is 0.349 e. The van der Waals surface area contributed by atoms with Gasteiger partial charge < -0.3 is 9.47 Å². The highest BCUT2D eigenvalue weighted by atomic mass is 32.2. The van der Waals surface area contributed by atoms with Crippen molar-refractivity contribution in [1.29, 1.82) is 0 Å². The number of esters is 1. The number of rotatable bonds is 8. The van der Waals surface area contributed by atoms with Crippen molar-refractivity contribution in [2.45, 2.75) is 37.3 Å². The van der Waals surface area contributed by atoms with Crippen molar-refractivity contribution in [3.8, 4) is 0 Å². The van der Waals surface area contributed by atoms with Crippen LogP contribution in [0.25, 0.3) is 0 Å². The molecule has 8 nitrogen and oxygen atoms in total. The van der Waals surface area contributed by atoms with E-state index in [0.717, 1.165) is 11.3 Å². The van der Waals surface area contributed by atoms with Gasteiger partial charge in [-0.15, -0.1) is 11.3 Å². The number of aryl methyl sites for hydroxylation is 1. The molecule has 0 unspecified atom stereocenters. The molecule has 0 fully saturated rings. The third kappa shape index (κ3) is 4.80. The number of nitrogens with one attached hydrogen (secondary N) is 1. The smallest absolute Gasteiger partial charge is 0.349 e. The Kier molecular flexibility index (Phi) is 5.86. The van der Waals surface area contributed by atoms with Gasteiger partial charge in [0, 0.05) is 19.9 Å². The summed E-state index contributed by atoms with van der Waals surface area (Å²) in [6.07, 6.45) is 3.73. The Labute approximate surface area is 150 Å². The summed E-state index contributed by atoms with van der Waals surface area (Å²) >= 11 is 1.01. The second-order valence-corrected chi connectivity index (χ2v) is 8.48. The zero-order valence-electron chi connectivity index (χ0n) is 14.5. The molecule has 2 heterocycles. The fraction of sp³-hybridized carbons (Fsp3) is 0.467. The van der Waals surface area contributed by atoms with Gasteiger partial charge in [0.05, 0.1) is 24.6 Å². The first-order valence-corrected chi connectivity index (χ1v) is 9.81. The van der Waals surface area contributed by atoms with Crippen molar-refractivity contribution in [2.75, 3.05) is 18.9 Å². The fourth-order valence-corrected chi connectivity index (χ4v) is 4.35. The van der Waals surface area contributed by atoms with Crippen molar-refractivity contribution in [3.63, 3.8) is 0 Å². The number of hydrogen-bond acceptors (Lipinski definition) is 7. The van der Waals surface area contributed by atoms with Crippen LogP contribution in [-0.2, 0) is 26.0 Å². The second kappa shape index (κ2) is 7.54. The van der Waals surface area contributed by atoms with E-state index in [2.05, 4.69) is 14.6 Å². The average Bonchev–Trinajstić information content (AvgIpc) is 3.21. The lowest BCUT2D eigenvalue weighted by atomic mass is 10.1. The number of carbonyl (C=O) groups is 1. The summed E-state index contributed by atoms with van der Waals surface area (Å²) < 4.78 is 39.0. The average molecular weight is 387 g/mol. The minimum absolute atomic E-state index is 0.0317. The molecule has 0 spiro atoms. The number of aromatic nitrogens is 2. The normalized spacial score (nSPS) is 12.2. The van der Waals surface area contributed by atoms with Crippen LogP contribution < -0.4 is 4.72 Å². The molecule has 0 saturated carbocycles. The molecule has 2 aromatic heterocycles. The van der Waals surface area contributed by atoms with Crippen LogP contribution >= 0.6 is 11.3 Å². The fourth-order valence-electron chi connectivity index (χ4n) is 1.99. The van der Waals surface area contributed by atoms with Crippen LogP contribution in [0, 0.1) is 0 Å². The van der Waals surface area contributed by atoms with Crippen LogP contribution in [0.4, 0.5) is 5.69 Å². The van der Waals surface area contributed by atoms with Crippen molar-refractivity contribution in [3.05, 3.63) is 28.7 Å². The van der Waals surface area contributed by atoms with Crippen LogP contribution in [0.3, 0.4) is 0 Å². The van der Waals surface area contributed by atoms with Gasteiger partial charge in [-0.1, -0.05) is 0 Å². The molecule has 138 valence electrons. The van der Waals surface area contributed by atoms with Crippen LogP contribution in [0.15, 0.2) is 28.7 Å². The monoisotopic (exact) mass is 387 g/mol. The molecule has 0 atom stereocenters. The number of nitrogens with zero attached hydrogens (tertiary/aromatic N) is 2. The number of sulfonamides is 1. The van der Waals surface area contributed by atoms with Gasteiger partial charge >= 0.3 is 5.97 Å². The lowest BCUT2D eigenvalue weighted by Gasteiger charge is -2.22. The van der Waals surface area contributed by atoms with Gasteiger partial charge in [-0.05, 0) is 31.7 Å². The van der Waals surface area contributed by atoms with E-state index in [1.807, 2.05) is 13.8 Å². The quantitative estimate of drug-likeness (QED) is 0.698. The molecule has 10 heteroatoms. The minimum Gasteiger partial charge on any atom is -0.465 e. The number of carbonyl (C=O) groups excluding carboxylic acids is 1. The summed E-state index contributed by atoms with van der Waals surface area (Å²) in [7, 11) is -1.06. The van der Waals surface area contributed by atoms with Gasteiger partial charge in [0.1, 0.15) is 9.77 Å². The van der Waals surface area contributed by atoms with Crippen molar-refractivity contribution in [1.82, 2.24) is 9.78 Å². The van der Waals surface area contributed by atoms with Gasteiger partial charge in [-0.2, -0.15) is 5.10 Å². The third-order valence-electron chi connectivity index (χ3n) is 3.67. The lowest BCUT2D eigenvalue weighted by Crippen LogP contribution is -2.24. The molecule has 2 aromatic rings. The summed E-state index contributed by atoms with van der Waals surface area (Å²) in [5.74, 6) is -0.687. The van der Waals surface area contributed by atoms with Crippen molar-refractivity contribution in [2.24, 2.45) is 0 Å². The Bertz CT molecular complexity index is 839. The zero-order chi connectivity index (χ0) is 18.7. The van der Waals surface area contributed by atoms with E-state index < -0.39 is 16.0 Å². The van der Waals surface area contributed by atoms with Gasteiger partial charge in [0.15, 0.2) is 0 Å². The third-order valence-corrected chi connectivity index (χ3v) is 6.12. The van der Waals surface area contributed by atoms with E-state index in [1.165, 1.54) is 24.8 Å². The van der Waals surface area contributed by atoms with Crippen LogP contribution in [0.2, 0.25) is 0 Å². The van der Waals surface area contributed by atoms with E-state index in [9.17, 15) is 13.2 Å². The summed E-state index contributed by atoms with van der Waals surface area (Å²) in [5, 5.41) is 5.66. The highest BCUT2D eigenvalue weighted by Crippen LogP contribution is 2.25. The first kappa shape index (κ1) is 19.4. The molecule has 0 radical (unpaired) electrons. The Balaban J connectivity index is 2.12. The lowest BCUT2D eigenvalue weighted by molar-refractivity contribution is 0.0113. The number of anilines is 1. The van der Waals surface area contributed by atoms with Crippen LogP contribution in [-0.4, -0.2) is 44.0 Å². The van der Waals surface area contributed by atoms with Crippen molar-refractivity contribution < 1.29 is 22.7 Å². The van der Waals surface area contributed by atoms with E-state index in [0.29, 0.717) is 18.7 Å². The van der Waals surface area contributed by atoms with Crippen LogP contribution in [0.5, 0.6) is 0 Å². The summed E-state index contributed by atoms with van der Waals surface area (Å²) in [6, 6.07) is 1.37. The van der Waals surface area contributed by atoms with E-state index in [1.54, 1.807) is 18.0 Å². The molecule has 25 heavy (non-hydrogen) atoms. The van der Waals surface area contributed by atoms with Crippen LogP contribution in [0.1, 0.15) is 29.9 Å². The molecule has 0 bridgehead atoms. The molecule has 0 aliphatic heterocycles. The topological polar surface area (TPSA) is 99.5 Å². The summed E-state index contributed by atoms with van der Waals surface area (Å²) in [4.78, 5) is 11.6. The molecule has 0 aromatic carbocycles. The predicted molar refractivity (Wildman–Crippen MR) is 94.4 cm³/mol. The zero-order valence-corrected chi connectivity index (χ0v) is 16.1. The van der Waals surface area contributed by atoms with Gasteiger partial charge in [-0.3, -0.25) is 9.40 Å². The number of methoxy groups -OCH3 is 2. The van der Waals surface area contributed by atoms with Gasteiger partial charge in [0.2, 0.25) is 0 Å². The highest BCUT2D eigenvalue weighted by Gasteiger charge is 2.25. The Morgan fingerprint density at radius 1 is 1.40 bits per heavy atom. The molecule has 0 aliphatic rings. The molecule has 0 aliphatic carbocycles. The number of hydrogen-bond donors (Lipinski definition) is 1. The largest absolute Gasteiger partial charge is 0.465 e.